The van der Waals surface area contributed by atoms with E-state index >= 15 is 0 Å². The van der Waals surface area contributed by atoms with Gasteiger partial charge in [0.25, 0.3) is 0 Å². The van der Waals surface area contributed by atoms with Gasteiger partial charge in [-0.2, -0.15) is 0 Å². The van der Waals surface area contributed by atoms with E-state index in [0.717, 1.165) is 29.0 Å². The Bertz CT molecular complexity index is 491. The highest BCUT2D eigenvalue weighted by Crippen LogP contribution is 2.39. The number of carboxylic acids is 1. The van der Waals surface area contributed by atoms with Crippen LogP contribution in [-0.2, 0) is 16.6 Å². The van der Waals surface area contributed by atoms with Crippen molar-refractivity contribution in [2.75, 3.05) is 13.2 Å². The second kappa shape index (κ2) is 5.11. The van der Waals surface area contributed by atoms with Crippen LogP contribution in [0.3, 0.4) is 0 Å². The molecular weight excluding hydrogens is 244 g/mol. The van der Waals surface area contributed by atoms with E-state index < -0.39 is 11.4 Å². The van der Waals surface area contributed by atoms with Crippen LogP contribution in [0.25, 0.3) is 0 Å². The number of benzene rings is 1. The second-order valence-corrected chi connectivity index (χ2v) is 5.46. The van der Waals surface area contributed by atoms with Crippen molar-refractivity contribution in [1.82, 2.24) is 0 Å². The average Bonchev–Trinajstić information content (AvgIpc) is 2.35. The predicted octanol–water partition coefficient (Wildman–Crippen LogP) is 2.77. The van der Waals surface area contributed by atoms with E-state index in [9.17, 15) is 4.79 Å². The predicted molar refractivity (Wildman–Crippen MR) is 72.1 cm³/mol. The molecule has 1 aromatic carbocycles. The molecule has 1 N–H and O–H groups in total. The van der Waals surface area contributed by atoms with E-state index in [1.807, 2.05) is 26.0 Å². The van der Waals surface area contributed by atoms with E-state index in [1.54, 1.807) is 0 Å². The summed E-state index contributed by atoms with van der Waals surface area (Å²) in [5.74, 6) is 0.692. The van der Waals surface area contributed by atoms with Gasteiger partial charge in [-0.1, -0.05) is 20.8 Å². The van der Waals surface area contributed by atoms with Crippen molar-refractivity contribution >= 4 is 5.97 Å². The maximum atomic E-state index is 11.0. The Morgan fingerprint density at radius 2 is 1.84 bits per heavy atom. The molecule has 0 radical (unpaired) electrons. The molecule has 0 aromatic heterocycles. The zero-order valence-electron chi connectivity index (χ0n) is 11.7. The van der Waals surface area contributed by atoms with Crippen LogP contribution in [0, 0.1) is 0 Å². The lowest BCUT2D eigenvalue weighted by Crippen LogP contribution is -2.24. The van der Waals surface area contributed by atoms with Crippen molar-refractivity contribution in [2.45, 2.75) is 39.0 Å². The number of carboxylic acid groups (broad SMARTS) is 1. The molecule has 0 fully saturated rings. The van der Waals surface area contributed by atoms with Gasteiger partial charge < -0.3 is 14.6 Å². The summed E-state index contributed by atoms with van der Waals surface area (Å²) < 4.78 is 11.2. The summed E-state index contributed by atoms with van der Waals surface area (Å²) >= 11 is 0. The highest BCUT2D eigenvalue weighted by atomic mass is 16.6. The van der Waals surface area contributed by atoms with Crippen LogP contribution in [0.4, 0.5) is 0 Å². The number of aryl methyl sites for hydroxylation is 1. The molecule has 2 rings (SSSR count). The molecule has 1 heterocycles. The van der Waals surface area contributed by atoms with Crippen LogP contribution < -0.4 is 9.47 Å². The van der Waals surface area contributed by atoms with E-state index in [-0.39, 0.29) is 6.42 Å². The maximum Gasteiger partial charge on any atom is 0.304 e. The summed E-state index contributed by atoms with van der Waals surface area (Å²) in [7, 11) is 0. The number of rotatable bonds is 4. The second-order valence-electron chi connectivity index (χ2n) is 5.46. The Morgan fingerprint density at radius 3 is 2.37 bits per heavy atom. The van der Waals surface area contributed by atoms with Crippen molar-refractivity contribution in [3.05, 3.63) is 23.3 Å². The molecular formula is C15H20O4. The average molecular weight is 264 g/mol. The third-order valence-electron chi connectivity index (χ3n) is 3.47. The Kier molecular flexibility index (Phi) is 3.69. The molecule has 0 spiro atoms. The van der Waals surface area contributed by atoms with Gasteiger partial charge in [-0.15, -0.1) is 0 Å². The Hall–Kier alpha value is -1.71. The summed E-state index contributed by atoms with van der Waals surface area (Å²) in [5, 5.41) is 9.06. The van der Waals surface area contributed by atoms with E-state index in [4.69, 9.17) is 14.6 Å². The third kappa shape index (κ3) is 2.83. The highest BCUT2D eigenvalue weighted by molar-refractivity contribution is 5.69. The fourth-order valence-corrected chi connectivity index (χ4v) is 2.53. The lowest BCUT2D eigenvalue weighted by Gasteiger charge is -2.29. The van der Waals surface area contributed by atoms with Crippen LogP contribution in [0.2, 0.25) is 0 Å². The van der Waals surface area contributed by atoms with Crippen LogP contribution >= 0.6 is 0 Å². The summed E-state index contributed by atoms with van der Waals surface area (Å²) in [4.78, 5) is 11.0. The Labute approximate surface area is 113 Å². The monoisotopic (exact) mass is 264 g/mol. The first-order chi connectivity index (χ1) is 8.94. The van der Waals surface area contributed by atoms with Gasteiger partial charge in [0.2, 0.25) is 0 Å². The summed E-state index contributed by atoms with van der Waals surface area (Å²) in [6, 6.07) is 3.92. The quantitative estimate of drug-likeness (QED) is 0.908. The summed E-state index contributed by atoms with van der Waals surface area (Å²) in [5.41, 5.74) is 1.73. The fraction of sp³-hybridized carbons (Fsp3) is 0.533. The first kappa shape index (κ1) is 13.7. The zero-order chi connectivity index (χ0) is 14.0. The molecule has 0 unspecified atom stereocenters. The minimum absolute atomic E-state index is 0.0969. The number of carbonyl (C=O) groups is 1. The molecule has 1 aromatic rings. The lowest BCUT2D eigenvalue weighted by molar-refractivity contribution is -0.138. The maximum absolute atomic E-state index is 11.0. The third-order valence-corrected chi connectivity index (χ3v) is 3.47. The Balaban J connectivity index is 2.46. The number of ether oxygens (including phenoxy) is 2. The zero-order valence-corrected chi connectivity index (χ0v) is 11.7. The highest BCUT2D eigenvalue weighted by Gasteiger charge is 2.28. The molecule has 0 atom stereocenters. The first-order valence-corrected chi connectivity index (χ1v) is 6.59. The molecule has 0 saturated heterocycles. The number of fused-ring (bicyclic) bond motifs is 1. The van der Waals surface area contributed by atoms with Gasteiger partial charge in [-0.25, -0.2) is 0 Å². The van der Waals surface area contributed by atoms with E-state index in [2.05, 4.69) is 6.92 Å². The van der Waals surface area contributed by atoms with E-state index in [1.165, 1.54) is 0 Å². The van der Waals surface area contributed by atoms with Crippen LogP contribution in [0.1, 0.15) is 38.3 Å². The number of aliphatic carboxylic acids is 1. The Morgan fingerprint density at radius 1 is 1.26 bits per heavy atom. The summed E-state index contributed by atoms with van der Waals surface area (Å²) in [6.45, 7) is 7.06. The van der Waals surface area contributed by atoms with Crippen molar-refractivity contribution in [3.63, 3.8) is 0 Å². The topological polar surface area (TPSA) is 55.8 Å². The SMILES string of the molecule is CCc1cc2c(cc1C(C)(C)CC(=O)O)OCCO2. The molecule has 0 amide bonds. The van der Waals surface area contributed by atoms with Crippen molar-refractivity contribution in [3.8, 4) is 11.5 Å². The largest absolute Gasteiger partial charge is 0.486 e. The van der Waals surface area contributed by atoms with Crippen LogP contribution in [-0.4, -0.2) is 24.3 Å². The van der Waals surface area contributed by atoms with Gasteiger partial charge >= 0.3 is 5.97 Å². The van der Waals surface area contributed by atoms with Gasteiger partial charge in [0.05, 0.1) is 6.42 Å². The van der Waals surface area contributed by atoms with Gasteiger partial charge in [-0.3, -0.25) is 4.79 Å². The summed E-state index contributed by atoms with van der Waals surface area (Å²) in [6.07, 6.45) is 0.939. The van der Waals surface area contributed by atoms with Crippen LogP contribution in [0.15, 0.2) is 12.1 Å². The molecule has 0 aliphatic carbocycles. The molecule has 19 heavy (non-hydrogen) atoms. The van der Waals surface area contributed by atoms with Crippen LogP contribution in [0.5, 0.6) is 11.5 Å². The van der Waals surface area contributed by atoms with Gasteiger partial charge in [0.15, 0.2) is 11.5 Å². The fourth-order valence-electron chi connectivity index (χ4n) is 2.53. The molecule has 4 heteroatoms. The van der Waals surface area contributed by atoms with Gasteiger partial charge in [0, 0.05) is 5.41 Å². The molecule has 104 valence electrons. The minimum Gasteiger partial charge on any atom is -0.486 e. The first-order valence-electron chi connectivity index (χ1n) is 6.59. The molecule has 1 aliphatic rings. The van der Waals surface area contributed by atoms with Crippen molar-refractivity contribution < 1.29 is 19.4 Å². The smallest absolute Gasteiger partial charge is 0.304 e. The van der Waals surface area contributed by atoms with Crippen molar-refractivity contribution in [1.29, 1.82) is 0 Å². The van der Waals surface area contributed by atoms with Crippen molar-refractivity contribution in [2.24, 2.45) is 0 Å². The minimum atomic E-state index is -0.790. The molecule has 1 aliphatic heterocycles. The van der Waals surface area contributed by atoms with Gasteiger partial charge in [0.1, 0.15) is 13.2 Å². The lowest BCUT2D eigenvalue weighted by atomic mass is 9.78. The standard InChI is InChI=1S/C15H20O4/c1-4-10-7-12-13(19-6-5-18-12)8-11(10)15(2,3)9-14(16)17/h7-8H,4-6,9H2,1-3H3,(H,16,17). The normalized spacial score (nSPS) is 14.3. The number of hydrogen-bond acceptors (Lipinski definition) is 3. The van der Waals surface area contributed by atoms with E-state index in [0.29, 0.717) is 13.2 Å². The molecule has 0 bridgehead atoms. The van der Waals surface area contributed by atoms with Gasteiger partial charge in [-0.05, 0) is 29.7 Å². The number of hydrogen-bond donors (Lipinski definition) is 1. The molecule has 0 saturated carbocycles. The molecule has 4 nitrogen and oxygen atoms in total.